The van der Waals surface area contributed by atoms with E-state index in [0.29, 0.717) is 16.9 Å². The quantitative estimate of drug-likeness (QED) is 0.276. The van der Waals surface area contributed by atoms with E-state index in [-0.39, 0.29) is 15.7 Å². The lowest BCUT2D eigenvalue weighted by molar-refractivity contribution is -0.380. The zero-order chi connectivity index (χ0) is 19.6. The smallest absolute Gasteiger partial charge is 0.349 e. The molecule has 0 aliphatic carbocycles. The molecular weight excluding hydrogens is 368 g/mol. The number of hydrogen-bond acceptors (Lipinski definition) is 6. The summed E-state index contributed by atoms with van der Waals surface area (Å²) in [6.45, 7) is 3.30. The normalized spacial score (nSPS) is 10.6. The molecule has 0 bridgehead atoms. The second kappa shape index (κ2) is 7.55. The summed E-state index contributed by atoms with van der Waals surface area (Å²) in [6, 6.07) is 13.9. The minimum Gasteiger partial charge on any atom is -0.453 e. The zero-order valence-electron chi connectivity index (χ0n) is 14.7. The summed E-state index contributed by atoms with van der Waals surface area (Å²) in [6.07, 6.45) is 0. The first-order valence-electron chi connectivity index (χ1n) is 8.07. The molecule has 0 spiro atoms. The number of aromatic nitrogens is 1. The fourth-order valence-electron chi connectivity index (χ4n) is 2.83. The van der Waals surface area contributed by atoms with Gasteiger partial charge in [-0.05, 0) is 38.1 Å². The van der Waals surface area contributed by atoms with Gasteiger partial charge in [-0.1, -0.05) is 29.5 Å². The van der Waals surface area contributed by atoms with Crippen molar-refractivity contribution in [2.24, 2.45) is 0 Å². The number of hydrogen-bond donors (Lipinski definition) is 0. The van der Waals surface area contributed by atoms with Crippen molar-refractivity contribution in [3.8, 4) is 5.69 Å². The lowest BCUT2D eigenvalue weighted by Gasteiger charge is -2.09. The molecule has 0 saturated heterocycles. The van der Waals surface area contributed by atoms with Crippen LogP contribution in [0.25, 0.3) is 5.69 Å². The molecule has 7 nitrogen and oxygen atoms in total. The Labute approximate surface area is 159 Å². The van der Waals surface area contributed by atoms with Crippen LogP contribution in [0.15, 0.2) is 48.5 Å². The summed E-state index contributed by atoms with van der Waals surface area (Å²) in [4.78, 5) is 34.7. The Balaban J connectivity index is 1.73. The number of nitro groups is 1. The minimum absolute atomic E-state index is 0.0873. The third-order valence-corrected chi connectivity index (χ3v) is 5.07. The molecule has 27 heavy (non-hydrogen) atoms. The van der Waals surface area contributed by atoms with Crippen LogP contribution >= 0.6 is 11.3 Å². The van der Waals surface area contributed by atoms with E-state index >= 15 is 0 Å². The first kappa shape index (κ1) is 18.5. The molecule has 0 N–H and O–H groups in total. The first-order chi connectivity index (χ1) is 12.9. The second-order valence-electron chi connectivity index (χ2n) is 5.85. The average Bonchev–Trinajstić information content (AvgIpc) is 3.25. The van der Waals surface area contributed by atoms with E-state index in [1.165, 1.54) is 12.1 Å². The van der Waals surface area contributed by atoms with Crippen LogP contribution in [0.3, 0.4) is 0 Å². The van der Waals surface area contributed by atoms with Gasteiger partial charge in [-0.3, -0.25) is 14.9 Å². The SMILES string of the molecule is Cc1cc(C(=O)COC(=O)c2ccc([N+](=O)[O-])s2)c(C)n1-c1ccccc1. The van der Waals surface area contributed by atoms with Gasteiger partial charge in [0.1, 0.15) is 4.88 Å². The molecule has 1 aromatic carbocycles. The highest BCUT2D eigenvalue weighted by molar-refractivity contribution is 7.17. The molecule has 0 fully saturated rings. The number of benzene rings is 1. The van der Waals surface area contributed by atoms with Crippen LogP contribution in [0, 0.1) is 24.0 Å². The number of aryl methyl sites for hydroxylation is 1. The van der Waals surface area contributed by atoms with Gasteiger partial charge < -0.3 is 9.30 Å². The van der Waals surface area contributed by atoms with Crippen LogP contribution in [0.2, 0.25) is 0 Å². The standard InChI is InChI=1S/C19H16N2O5S/c1-12-10-15(13(2)20(12)14-6-4-3-5-7-14)16(22)11-26-19(23)17-8-9-18(27-17)21(24)25/h3-10H,11H2,1-2H3. The van der Waals surface area contributed by atoms with E-state index in [2.05, 4.69) is 0 Å². The van der Waals surface area contributed by atoms with Crippen molar-refractivity contribution in [1.82, 2.24) is 4.57 Å². The van der Waals surface area contributed by atoms with Crippen molar-refractivity contribution < 1.29 is 19.2 Å². The van der Waals surface area contributed by atoms with Crippen LogP contribution < -0.4 is 0 Å². The Morgan fingerprint density at radius 3 is 2.48 bits per heavy atom. The number of carbonyl (C=O) groups excluding carboxylic acids is 2. The molecular formula is C19H16N2O5S. The molecule has 0 amide bonds. The second-order valence-corrected chi connectivity index (χ2v) is 6.91. The average molecular weight is 384 g/mol. The highest BCUT2D eigenvalue weighted by Crippen LogP contribution is 2.25. The third kappa shape index (κ3) is 3.80. The van der Waals surface area contributed by atoms with E-state index in [0.717, 1.165) is 17.1 Å². The Bertz CT molecular complexity index is 1020. The molecule has 3 rings (SSSR count). The highest BCUT2D eigenvalue weighted by atomic mass is 32.1. The molecule has 0 aliphatic rings. The fourth-order valence-corrected chi connectivity index (χ4v) is 3.55. The van der Waals surface area contributed by atoms with Crippen LogP contribution in [0.1, 0.15) is 31.4 Å². The maximum Gasteiger partial charge on any atom is 0.349 e. The van der Waals surface area contributed by atoms with Gasteiger partial charge in [-0.2, -0.15) is 0 Å². The zero-order valence-corrected chi connectivity index (χ0v) is 15.5. The van der Waals surface area contributed by atoms with Crippen molar-refractivity contribution in [1.29, 1.82) is 0 Å². The van der Waals surface area contributed by atoms with Gasteiger partial charge in [-0.25, -0.2) is 4.79 Å². The molecule has 0 saturated carbocycles. The minimum atomic E-state index is -0.752. The third-order valence-electron chi connectivity index (χ3n) is 4.05. The van der Waals surface area contributed by atoms with Crippen molar-refractivity contribution >= 4 is 28.1 Å². The first-order valence-corrected chi connectivity index (χ1v) is 8.89. The molecule has 3 aromatic rings. The van der Waals surface area contributed by atoms with E-state index < -0.39 is 17.5 Å². The van der Waals surface area contributed by atoms with Gasteiger partial charge >= 0.3 is 11.0 Å². The summed E-state index contributed by atoms with van der Waals surface area (Å²) in [5.74, 6) is -1.08. The maximum atomic E-state index is 12.5. The van der Waals surface area contributed by atoms with E-state index in [1.807, 2.05) is 48.7 Å². The van der Waals surface area contributed by atoms with Gasteiger partial charge in [0.25, 0.3) is 0 Å². The fraction of sp³-hybridized carbons (Fsp3) is 0.158. The lowest BCUT2D eigenvalue weighted by atomic mass is 10.1. The largest absolute Gasteiger partial charge is 0.453 e. The molecule has 0 aliphatic heterocycles. The molecule has 0 unspecified atom stereocenters. The summed E-state index contributed by atoms with van der Waals surface area (Å²) >= 11 is 0.715. The van der Waals surface area contributed by atoms with Gasteiger partial charge in [0.05, 0.1) is 4.92 Å². The molecule has 2 heterocycles. The van der Waals surface area contributed by atoms with Crippen molar-refractivity contribution in [3.63, 3.8) is 0 Å². The topological polar surface area (TPSA) is 91.4 Å². The summed E-state index contributed by atoms with van der Waals surface area (Å²) in [7, 11) is 0. The van der Waals surface area contributed by atoms with Crippen LogP contribution in [-0.2, 0) is 4.74 Å². The van der Waals surface area contributed by atoms with Crippen LogP contribution in [-0.4, -0.2) is 27.8 Å². The lowest BCUT2D eigenvalue weighted by Crippen LogP contribution is -2.14. The molecule has 8 heteroatoms. The molecule has 2 aromatic heterocycles. The van der Waals surface area contributed by atoms with E-state index in [1.54, 1.807) is 6.07 Å². The maximum absolute atomic E-state index is 12.5. The number of nitrogens with zero attached hydrogens (tertiary/aromatic N) is 2. The number of Topliss-reactive ketones (excluding diaryl/α,β-unsaturated/α-hetero) is 1. The number of ketones is 1. The predicted octanol–water partition coefficient (Wildman–Crippen LogP) is 4.10. The predicted molar refractivity (Wildman–Crippen MR) is 101 cm³/mol. The van der Waals surface area contributed by atoms with Crippen molar-refractivity contribution in [2.75, 3.05) is 6.61 Å². The Morgan fingerprint density at radius 2 is 1.85 bits per heavy atom. The van der Waals surface area contributed by atoms with Crippen molar-refractivity contribution in [3.05, 3.63) is 80.5 Å². The number of carbonyl (C=O) groups is 2. The monoisotopic (exact) mass is 384 g/mol. The number of rotatable bonds is 6. The Morgan fingerprint density at radius 1 is 1.15 bits per heavy atom. The van der Waals surface area contributed by atoms with Gasteiger partial charge in [-0.15, -0.1) is 0 Å². The Hall–Kier alpha value is -3.26. The summed E-state index contributed by atoms with van der Waals surface area (Å²) < 4.78 is 6.99. The highest BCUT2D eigenvalue weighted by Gasteiger charge is 2.20. The Kier molecular flexibility index (Phi) is 5.18. The molecule has 138 valence electrons. The number of ether oxygens (including phenoxy) is 1. The number of thiophene rings is 1. The van der Waals surface area contributed by atoms with Gasteiger partial charge in [0.15, 0.2) is 6.61 Å². The molecule has 0 atom stereocenters. The van der Waals surface area contributed by atoms with E-state index in [4.69, 9.17) is 4.74 Å². The number of esters is 1. The summed E-state index contributed by atoms with van der Waals surface area (Å²) in [5.41, 5.74) is 3.06. The summed E-state index contributed by atoms with van der Waals surface area (Å²) in [5, 5.41) is 10.5. The number of para-hydroxylation sites is 1. The van der Waals surface area contributed by atoms with Crippen LogP contribution in [0.4, 0.5) is 5.00 Å². The molecule has 0 radical (unpaired) electrons. The van der Waals surface area contributed by atoms with Gasteiger partial charge in [0.2, 0.25) is 5.78 Å². The van der Waals surface area contributed by atoms with Crippen molar-refractivity contribution in [2.45, 2.75) is 13.8 Å². The van der Waals surface area contributed by atoms with Crippen LogP contribution in [0.5, 0.6) is 0 Å². The van der Waals surface area contributed by atoms with Gasteiger partial charge in [0, 0.05) is 28.7 Å². The van der Waals surface area contributed by atoms with E-state index in [9.17, 15) is 19.7 Å².